The fourth-order valence-corrected chi connectivity index (χ4v) is 3.63. The van der Waals surface area contributed by atoms with Crippen LogP contribution in [0.1, 0.15) is 41.6 Å². The van der Waals surface area contributed by atoms with Crippen molar-refractivity contribution in [1.82, 2.24) is 4.90 Å². The van der Waals surface area contributed by atoms with Crippen LogP contribution in [0.4, 0.5) is 0 Å². The molecule has 0 atom stereocenters. The zero-order valence-corrected chi connectivity index (χ0v) is 14.3. The number of hydrogen-bond acceptors (Lipinski definition) is 5. The number of benzene rings is 1. The summed E-state index contributed by atoms with van der Waals surface area (Å²) in [6.07, 6.45) is 3.95. The van der Waals surface area contributed by atoms with Gasteiger partial charge in [-0.15, -0.1) is 0 Å². The van der Waals surface area contributed by atoms with Crippen molar-refractivity contribution in [3.63, 3.8) is 0 Å². The predicted octanol–water partition coefficient (Wildman–Crippen LogP) is 3.00. The van der Waals surface area contributed by atoms with Gasteiger partial charge in [0.05, 0.1) is 12.7 Å². The Hall–Kier alpha value is -1.75. The summed E-state index contributed by atoms with van der Waals surface area (Å²) >= 11 is 0. The molecule has 3 rings (SSSR count). The summed E-state index contributed by atoms with van der Waals surface area (Å²) in [5.41, 5.74) is 1.33. The highest BCUT2D eigenvalue weighted by molar-refractivity contribution is 5.92. The van der Waals surface area contributed by atoms with E-state index in [-0.39, 0.29) is 5.97 Å². The van der Waals surface area contributed by atoms with E-state index in [1.165, 1.54) is 7.11 Å². The first-order valence-corrected chi connectivity index (χ1v) is 8.19. The number of carbonyl (C=O) groups excluding carboxylic acids is 1. The van der Waals surface area contributed by atoms with E-state index in [1.54, 1.807) is 6.07 Å². The molecule has 23 heavy (non-hydrogen) atoms. The minimum absolute atomic E-state index is 0.343. The number of carbonyl (C=O) groups is 1. The molecule has 1 aromatic carbocycles. The molecule has 1 spiro atoms. The second-order valence-electron chi connectivity index (χ2n) is 6.88. The molecule has 1 saturated carbocycles. The summed E-state index contributed by atoms with van der Waals surface area (Å²) in [5.74, 6) is 1.23. The van der Waals surface area contributed by atoms with Crippen molar-refractivity contribution in [2.24, 2.45) is 5.92 Å². The van der Waals surface area contributed by atoms with E-state index in [4.69, 9.17) is 14.2 Å². The summed E-state index contributed by atoms with van der Waals surface area (Å²) in [5, 5.41) is 0. The molecule has 0 amide bonds. The molecule has 126 valence electrons. The Morgan fingerprint density at radius 3 is 2.61 bits per heavy atom. The van der Waals surface area contributed by atoms with Gasteiger partial charge in [-0.2, -0.15) is 0 Å². The number of hydrogen-bond donors (Lipinski definition) is 0. The minimum Gasteiger partial charge on any atom is -0.465 e. The van der Waals surface area contributed by atoms with Crippen LogP contribution in [0, 0.1) is 12.8 Å². The van der Waals surface area contributed by atoms with E-state index < -0.39 is 5.79 Å². The van der Waals surface area contributed by atoms with Crippen LogP contribution in [0.25, 0.3) is 0 Å². The topological polar surface area (TPSA) is 48.0 Å². The third kappa shape index (κ3) is 3.02. The maximum absolute atomic E-state index is 11.8. The van der Waals surface area contributed by atoms with Crippen molar-refractivity contribution in [2.75, 3.05) is 27.7 Å². The fourth-order valence-electron chi connectivity index (χ4n) is 3.63. The smallest absolute Gasteiger partial charge is 0.338 e. The van der Waals surface area contributed by atoms with Crippen LogP contribution in [0.5, 0.6) is 11.5 Å². The van der Waals surface area contributed by atoms with Crippen LogP contribution in [0.15, 0.2) is 12.1 Å². The first-order valence-electron chi connectivity index (χ1n) is 8.19. The molecular formula is C18H25NO4. The molecule has 0 radical (unpaired) electrons. The summed E-state index contributed by atoms with van der Waals surface area (Å²) < 4.78 is 17.2. The highest BCUT2D eigenvalue weighted by Gasteiger charge is 2.45. The lowest BCUT2D eigenvalue weighted by molar-refractivity contribution is -0.114. The van der Waals surface area contributed by atoms with Gasteiger partial charge in [0, 0.05) is 24.9 Å². The average Bonchev–Trinajstić information content (AvgIpc) is 2.88. The summed E-state index contributed by atoms with van der Waals surface area (Å²) in [4.78, 5) is 14.1. The molecule has 0 aromatic heterocycles. The number of methoxy groups -OCH3 is 1. The lowest BCUT2D eigenvalue weighted by Crippen LogP contribution is -2.43. The first-order chi connectivity index (χ1) is 10.9. The van der Waals surface area contributed by atoms with E-state index in [0.717, 1.165) is 43.5 Å². The molecule has 5 heteroatoms. The first kappa shape index (κ1) is 16.1. The Morgan fingerprint density at radius 2 is 2.00 bits per heavy atom. The van der Waals surface area contributed by atoms with Crippen molar-refractivity contribution in [3.8, 4) is 11.5 Å². The lowest BCUT2D eigenvalue weighted by atomic mass is 9.85. The highest BCUT2D eigenvalue weighted by Crippen LogP contribution is 2.48. The van der Waals surface area contributed by atoms with Crippen LogP contribution in [0.2, 0.25) is 0 Å². The van der Waals surface area contributed by atoms with Gasteiger partial charge in [-0.3, -0.25) is 0 Å². The summed E-state index contributed by atoms with van der Waals surface area (Å²) in [6.45, 7) is 2.99. The van der Waals surface area contributed by atoms with Gasteiger partial charge in [-0.05, 0) is 51.9 Å². The molecule has 1 aromatic rings. The molecule has 1 heterocycles. The van der Waals surface area contributed by atoms with E-state index in [1.807, 2.05) is 13.0 Å². The second kappa shape index (κ2) is 6.04. The van der Waals surface area contributed by atoms with Gasteiger partial charge < -0.3 is 19.1 Å². The zero-order chi connectivity index (χ0) is 16.6. The minimum atomic E-state index is -0.551. The second-order valence-corrected chi connectivity index (χ2v) is 6.88. The quantitative estimate of drug-likeness (QED) is 0.802. The Morgan fingerprint density at radius 1 is 1.30 bits per heavy atom. The highest BCUT2D eigenvalue weighted by atomic mass is 16.7. The lowest BCUT2D eigenvalue weighted by Gasteiger charge is -2.36. The molecule has 1 fully saturated rings. The number of ether oxygens (including phenoxy) is 3. The van der Waals surface area contributed by atoms with Crippen LogP contribution in [-0.4, -0.2) is 44.4 Å². The molecule has 1 aliphatic carbocycles. The van der Waals surface area contributed by atoms with E-state index >= 15 is 0 Å². The Bertz CT molecular complexity index is 603. The Balaban J connectivity index is 1.75. The number of rotatable bonds is 3. The van der Waals surface area contributed by atoms with Crippen molar-refractivity contribution in [3.05, 3.63) is 23.3 Å². The van der Waals surface area contributed by atoms with Crippen LogP contribution in [0.3, 0.4) is 0 Å². The maximum Gasteiger partial charge on any atom is 0.338 e. The third-order valence-corrected chi connectivity index (χ3v) is 4.85. The zero-order valence-electron chi connectivity index (χ0n) is 14.3. The third-order valence-electron chi connectivity index (χ3n) is 4.85. The number of esters is 1. The Labute approximate surface area is 137 Å². The summed E-state index contributed by atoms with van der Waals surface area (Å²) in [7, 11) is 5.61. The van der Waals surface area contributed by atoms with Gasteiger partial charge in [-0.25, -0.2) is 4.79 Å². The Kier molecular flexibility index (Phi) is 4.23. The molecule has 0 bridgehead atoms. The molecule has 0 saturated heterocycles. The summed E-state index contributed by atoms with van der Waals surface area (Å²) in [6, 6.07) is 3.56. The fraction of sp³-hybridized carbons (Fsp3) is 0.611. The molecule has 2 aliphatic rings. The molecule has 0 unspecified atom stereocenters. The average molecular weight is 319 g/mol. The van der Waals surface area contributed by atoms with Crippen molar-refractivity contribution >= 4 is 5.97 Å². The van der Waals surface area contributed by atoms with Crippen LogP contribution in [-0.2, 0) is 4.74 Å². The van der Waals surface area contributed by atoms with Gasteiger partial charge in [0.15, 0.2) is 11.5 Å². The largest absolute Gasteiger partial charge is 0.465 e. The van der Waals surface area contributed by atoms with Gasteiger partial charge in [0.25, 0.3) is 5.79 Å². The molecule has 5 nitrogen and oxygen atoms in total. The van der Waals surface area contributed by atoms with E-state index in [9.17, 15) is 4.79 Å². The predicted molar refractivity (Wildman–Crippen MR) is 87.0 cm³/mol. The van der Waals surface area contributed by atoms with Crippen molar-refractivity contribution in [1.29, 1.82) is 0 Å². The molecule has 1 aliphatic heterocycles. The SMILES string of the molecule is COC(=O)c1ccc2c(c1C)OC1(CCC(CN(C)C)CC1)O2. The van der Waals surface area contributed by atoms with E-state index in [0.29, 0.717) is 17.2 Å². The van der Waals surface area contributed by atoms with Crippen LogP contribution < -0.4 is 9.47 Å². The molecular weight excluding hydrogens is 294 g/mol. The van der Waals surface area contributed by atoms with Gasteiger partial charge in [-0.1, -0.05) is 0 Å². The molecule has 0 N–H and O–H groups in total. The van der Waals surface area contributed by atoms with E-state index in [2.05, 4.69) is 19.0 Å². The van der Waals surface area contributed by atoms with Gasteiger partial charge in [0.2, 0.25) is 0 Å². The van der Waals surface area contributed by atoms with Crippen molar-refractivity contribution < 1.29 is 19.0 Å². The number of nitrogens with zero attached hydrogens (tertiary/aromatic N) is 1. The monoisotopic (exact) mass is 319 g/mol. The standard InChI is InChI=1S/C18H25NO4/c1-12-14(17(20)21-4)5-6-15-16(12)23-18(22-15)9-7-13(8-10-18)11-19(2)3/h5-6,13H,7-11H2,1-4H3. The normalized spacial score (nSPS) is 25.9. The van der Waals surface area contributed by atoms with Gasteiger partial charge in [0.1, 0.15) is 0 Å². The van der Waals surface area contributed by atoms with Crippen molar-refractivity contribution in [2.45, 2.75) is 38.4 Å². The number of fused-ring (bicyclic) bond motifs is 1. The van der Waals surface area contributed by atoms with Gasteiger partial charge >= 0.3 is 5.97 Å². The maximum atomic E-state index is 11.8. The van der Waals surface area contributed by atoms with Crippen LogP contribution >= 0.6 is 0 Å².